The van der Waals surface area contributed by atoms with Crippen molar-refractivity contribution < 1.29 is 4.79 Å². The van der Waals surface area contributed by atoms with E-state index in [1.165, 1.54) is 37.1 Å². The number of amides is 2. The summed E-state index contributed by atoms with van der Waals surface area (Å²) in [6, 6.07) is 8.36. The SMILES string of the molecule is O=C(NCCCCC1CNC1)N1Cc2ccccc2C1. The minimum Gasteiger partial charge on any atom is -0.338 e. The second kappa shape index (κ2) is 6.27. The molecule has 1 fully saturated rings. The number of unbranched alkanes of at least 4 members (excludes halogenated alkanes) is 1. The Bertz CT molecular complexity index is 446. The van der Waals surface area contributed by atoms with Gasteiger partial charge in [-0.15, -0.1) is 0 Å². The van der Waals surface area contributed by atoms with E-state index in [2.05, 4.69) is 22.8 Å². The maximum absolute atomic E-state index is 12.1. The number of benzene rings is 1. The molecule has 4 heteroatoms. The van der Waals surface area contributed by atoms with Gasteiger partial charge in [0.15, 0.2) is 0 Å². The molecule has 2 heterocycles. The Morgan fingerprint density at radius 3 is 2.50 bits per heavy atom. The first-order valence-electron chi connectivity index (χ1n) is 7.63. The third-order valence-electron chi connectivity index (χ3n) is 4.31. The number of hydrogen-bond acceptors (Lipinski definition) is 2. The van der Waals surface area contributed by atoms with Crippen molar-refractivity contribution >= 4 is 6.03 Å². The summed E-state index contributed by atoms with van der Waals surface area (Å²) in [7, 11) is 0. The zero-order valence-electron chi connectivity index (χ0n) is 11.9. The molecule has 0 radical (unpaired) electrons. The van der Waals surface area contributed by atoms with Gasteiger partial charge in [-0.25, -0.2) is 4.79 Å². The Kier molecular flexibility index (Phi) is 4.21. The van der Waals surface area contributed by atoms with Gasteiger partial charge in [0.05, 0.1) is 0 Å². The van der Waals surface area contributed by atoms with Crippen LogP contribution in [0.5, 0.6) is 0 Å². The summed E-state index contributed by atoms with van der Waals surface area (Å²) in [5, 5.41) is 6.33. The molecule has 2 amide bonds. The second-order valence-electron chi connectivity index (χ2n) is 5.88. The van der Waals surface area contributed by atoms with E-state index < -0.39 is 0 Å². The molecule has 2 aliphatic rings. The van der Waals surface area contributed by atoms with Crippen molar-refractivity contribution in [2.24, 2.45) is 5.92 Å². The summed E-state index contributed by atoms with van der Waals surface area (Å²) in [6.07, 6.45) is 3.59. The van der Waals surface area contributed by atoms with Gasteiger partial charge in [0.1, 0.15) is 0 Å². The largest absolute Gasteiger partial charge is 0.338 e. The van der Waals surface area contributed by atoms with Crippen LogP contribution in [0.3, 0.4) is 0 Å². The lowest BCUT2D eigenvalue weighted by molar-refractivity contribution is 0.198. The highest BCUT2D eigenvalue weighted by molar-refractivity contribution is 5.75. The summed E-state index contributed by atoms with van der Waals surface area (Å²) in [4.78, 5) is 14.0. The van der Waals surface area contributed by atoms with Crippen LogP contribution in [0.1, 0.15) is 30.4 Å². The molecule has 0 aliphatic carbocycles. The summed E-state index contributed by atoms with van der Waals surface area (Å²) in [5.74, 6) is 0.874. The molecular formula is C16H23N3O. The zero-order valence-corrected chi connectivity index (χ0v) is 11.9. The molecular weight excluding hydrogens is 250 g/mol. The number of hydrogen-bond donors (Lipinski definition) is 2. The summed E-state index contributed by atoms with van der Waals surface area (Å²) < 4.78 is 0. The highest BCUT2D eigenvalue weighted by Gasteiger charge is 2.22. The van der Waals surface area contributed by atoms with Gasteiger partial charge >= 0.3 is 6.03 Å². The van der Waals surface area contributed by atoms with Crippen LogP contribution in [0.4, 0.5) is 4.79 Å². The molecule has 0 spiro atoms. The fraction of sp³-hybridized carbons (Fsp3) is 0.562. The Morgan fingerprint density at radius 1 is 1.20 bits per heavy atom. The van der Waals surface area contributed by atoms with Gasteiger partial charge < -0.3 is 15.5 Å². The van der Waals surface area contributed by atoms with Crippen molar-refractivity contribution in [3.8, 4) is 0 Å². The van der Waals surface area contributed by atoms with E-state index >= 15 is 0 Å². The minimum absolute atomic E-state index is 0.0755. The molecule has 1 aromatic rings. The van der Waals surface area contributed by atoms with Crippen molar-refractivity contribution in [2.75, 3.05) is 19.6 Å². The second-order valence-corrected chi connectivity index (χ2v) is 5.88. The number of urea groups is 1. The monoisotopic (exact) mass is 273 g/mol. The predicted octanol–water partition coefficient (Wildman–Crippen LogP) is 2.10. The molecule has 2 aliphatic heterocycles. The van der Waals surface area contributed by atoms with Crippen LogP contribution in [-0.2, 0) is 13.1 Å². The van der Waals surface area contributed by atoms with Gasteiger partial charge in [0.2, 0.25) is 0 Å². The lowest BCUT2D eigenvalue weighted by atomic mass is 9.96. The van der Waals surface area contributed by atoms with Crippen molar-refractivity contribution in [1.29, 1.82) is 0 Å². The van der Waals surface area contributed by atoms with Gasteiger partial charge in [-0.1, -0.05) is 30.7 Å². The molecule has 2 N–H and O–H groups in total. The quantitative estimate of drug-likeness (QED) is 0.807. The van der Waals surface area contributed by atoms with Crippen LogP contribution in [0.2, 0.25) is 0 Å². The first-order valence-corrected chi connectivity index (χ1v) is 7.63. The number of nitrogens with one attached hydrogen (secondary N) is 2. The van der Waals surface area contributed by atoms with Gasteiger partial charge in [0, 0.05) is 19.6 Å². The summed E-state index contributed by atoms with van der Waals surface area (Å²) in [5.41, 5.74) is 2.56. The van der Waals surface area contributed by atoms with Gasteiger partial charge in [0.25, 0.3) is 0 Å². The average Bonchev–Trinajstić information content (AvgIpc) is 2.84. The Balaban J connectivity index is 1.33. The lowest BCUT2D eigenvalue weighted by Crippen LogP contribution is -2.41. The smallest absolute Gasteiger partial charge is 0.318 e. The number of nitrogens with zero attached hydrogens (tertiary/aromatic N) is 1. The average molecular weight is 273 g/mol. The first kappa shape index (κ1) is 13.4. The van der Waals surface area contributed by atoms with Crippen LogP contribution >= 0.6 is 0 Å². The van der Waals surface area contributed by atoms with Crippen LogP contribution in [0, 0.1) is 5.92 Å². The molecule has 108 valence electrons. The third kappa shape index (κ3) is 3.12. The predicted molar refractivity (Wildman–Crippen MR) is 79.3 cm³/mol. The van der Waals surface area contributed by atoms with E-state index in [0.29, 0.717) is 0 Å². The standard InChI is InChI=1S/C16H23N3O/c20-16(18-8-4-3-5-13-9-17-10-13)19-11-14-6-1-2-7-15(14)12-19/h1-2,6-7,13,17H,3-5,8-12H2,(H,18,20). The number of rotatable bonds is 5. The van der Waals surface area contributed by atoms with Gasteiger partial charge in [-0.05, 0) is 43.0 Å². The Labute approximate surface area is 120 Å². The topological polar surface area (TPSA) is 44.4 Å². The van der Waals surface area contributed by atoms with E-state index in [-0.39, 0.29) is 6.03 Å². The van der Waals surface area contributed by atoms with Crippen molar-refractivity contribution in [3.05, 3.63) is 35.4 Å². The molecule has 1 aromatic carbocycles. The number of carbonyl (C=O) groups is 1. The van der Waals surface area contributed by atoms with E-state index in [1.54, 1.807) is 0 Å². The van der Waals surface area contributed by atoms with Gasteiger partial charge in [-0.3, -0.25) is 0 Å². The fourth-order valence-electron chi connectivity index (χ4n) is 2.89. The highest BCUT2D eigenvalue weighted by atomic mass is 16.2. The molecule has 0 unspecified atom stereocenters. The van der Waals surface area contributed by atoms with E-state index in [1.807, 2.05) is 17.0 Å². The molecule has 3 rings (SSSR count). The number of carbonyl (C=O) groups excluding carboxylic acids is 1. The third-order valence-corrected chi connectivity index (χ3v) is 4.31. The van der Waals surface area contributed by atoms with Crippen molar-refractivity contribution in [1.82, 2.24) is 15.5 Å². The van der Waals surface area contributed by atoms with E-state index in [9.17, 15) is 4.79 Å². The summed E-state index contributed by atoms with van der Waals surface area (Å²) >= 11 is 0. The summed E-state index contributed by atoms with van der Waals surface area (Å²) in [6.45, 7) is 4.65. The molecule has 20 heavy (non-hydrogen) atoms. The Morgan fingerprint density at radius 2 is 1.90 bits per heavy atom. The molecule has 0 saturated carbocycles. The molecule has 0 atom stereocenters. The maximum Gasteiger partial charge on any atom is 0.318 e. The lowest BCUT2D eigenvalue weighted by Gasteiger charge is -2.26. The molecule has 0 bridgehead atoms. The number of fused-ring (bicyclic) bond motifs is 1. The normalized spacial score (nSPS) is 17.7. The van der Waals surface area contributed by atoms with Crippen LogP contribution in [-0.4, -0.2) is 30.6 Å². The van der Waals surface area contributed by atoms with E-state index in [4.69, 9.17) is 0 Å². The molecule has 1 saturated heterocycles. The molecule has 0 aromatic heterocycles. The van der Waals surface area contributed by atoms with Crippen LogP contribution in [0.25, 0.3) is 0 Å². The van der Waals surface area contributed by atoms with Crippen molar-refractivity contribution in [3.63, 3.8) is 0 Å². The fourth-order valence-corrected chi connectivity index (χ4v) is 2.89. The van der Waals surface area contributed by atoms with E-state index in [0.717, 1.165) is 32.0 Å². The molecule has 4 nitrogen and oxygen atoms in total. The first-order chi connectivity index (χ1) is 9.83. The highest BCUT2D eigenvalue weighted by Crippen LogP contribution is 2.21. The maximum atomic E-state index is 12.1. The minimum atomic E-state index is 0.0755. The van der Waals surface area contributed by atoms with Crippen molar-refractivity contribution in [2.45, 2.75) is 32.4 Å². The zero-order chi connectivity index (χ0) is 13.8. The van der Waals surface area contributed by atoms with Gasteiger partial charge in [-0.2, -0.15) is 0 Å². The Hall–Kier alpha value is -1.55. The van der Waals surface area contributed by atoms with Crippen LogP contribution < -0.4 is 10.6 Å². The van der Waals surface area contributed by atoms with Crippen LogP contribution in [0.15, 0.2) is 24.3 Å².